The van der Waals surface area contributed by atoms with Crippen molar-refractivity contribution < 1.29 is 36.6 Å². The second-order valence-corrected chi connectivity index (χ2v) is 10.6. The Bertz CT molecular complexity index is 1160. The van der Waals surface area contributed by atoms with Gasteiger partial charge in [0.2, 0.25) is 10.0 Å². The third kappa shape index (κ3) is 4.84. The largest absolute Gasteiger partial charge is 0.382 e. The van der Waals surface area contributed by atoms with Gasteiger partial charge in [0.25, 0.3) is 6.43 Å². The molecular formula is C13H11ClF7N5O2S2. The van der Waals surface area contributed by atoms with Gasteiger partial charge < -0.3 is 5.73 Å². The van der Waals surface area contributed by atoms with Gasteiger partial charge in [0.1, 0.15) is 16.7 Å². The number of hydrogen-bond acceptors (Lipinski definition) is 5. The van der Waals surface area contributed by atoms with Crippen LogP contribution >= 0.6 is 21.8 Å². The van der Waals surface area contributed by atoms with E-state index < -0.39 is 66.0 Å². The van der Waals surface area contributed by atoms with E-state index >= 15 is 0 Å². The zero-order valence-electron chi connectivity index (χ0n) is 14.5. The lowest BCUT2D eigenvalue weighted by Crippen LogP contribution is -2.35. The van der Waals surface area contributed by atoms with Crippen LogP contribution in [0, 0.1) is 11.3 Å². The maximum Gasteiger partial charge on any atom is 0.310 e. The van der Waals surface area contributed by atoms with Crippen molar-refractivity contribution >= 4 is 43.4 Å². The normalized spacial score (nSPS) is 14.8. The van der Waals surface area contributed by atoms with Gasteiger partial charge in [-0.1, -0.05) is 31.0 Å². The summed E-state index contributed by atoms with van der Waals surface area (Å²) in [6, 6.07) is 1.77. The standard InChI is InChI=1S/C13H11ClF7N5O2S2/c1-29(27,28)25(6-11(15)16)12-9(5-22)24-26(13(12)23)10-3-2-7(4-8(10)14)30(17,18,19,20)21/h2-4,11H,6,23H2,1H3. The molecule has 2 aromatic rings. The quantitative estimate of drug-likeness (QED) is 0.579. The fourth-order valence-corrected chi connectivity index (χ4v) is 4.23. The highest BCUT2D eigenvalue weighted by atomic mass is 35.5. The second kappa shape index (κ2) is 6.56. The molecule has 0 radical (unpaired) electrons. The average molecular weight is 502 g/mol. The summed E-state index contributed by atoms with van der Waals surface area (Å²) in [6.45, 7) is -1.40. The van der Waals surface area contributed by atoms with Gasteiger partial charge in [0, 0.05) is 0 Å². The first-order chi connectivity index (χ1) is 13.3. The van der Waals surface area contributed by atoms with Crippen molar-refractivity contribution in [1.29, 1.82) is 5.26 Å². The fraction of sp³-hybridized carbons (Fsp3) is 0.231. The van der Waals surface area contributed by atoms with Crippen LogP contribution in [0.2, 0.25) is 5.02 Å². The first-order valence-electron chi connectivity index (χ1n) is 7.34. The van der Waals surface area contributed by atoms with Gasteiger partial charge in [-0.25, -0.2) is 21.9 Å². The Labute approximate surface area is 170 Å². The molecule has 0 spiro atoms. The Morgan fingerprint density at radius 2 is 1.87 bits per heavy atom. The first kappa shape index (κ1) is 23.9. The molecule has 2 N–H and O–H groups in total. The molecule has 0 fully saturated rings. The maximum atomic E-state index is 12.9. The van der Waals surface area contributed by atoms with Crippen LogP contribution in [-0.4, -0.2) is 37.4 Å². The highest BCUT2D eigenvalue weighted by molar-refractivity contribution is 8.45. The van der Waals surface area contributed by atoms with Crippen LogP contribution in [0.4, 0.5) is 39.7 Å². The summed E-state index contributed by atoms with van der Waals surface area (Å²) in [4.78, 5) is -2.31. The molecule has 7 nitrogen and oxygen atoms in total. The summed E-state index contributed by atoms with van der Waals surface area (Å²) in [5, 5.41) is 11.8. The molecule has 0 aliphatic rings. The van der Waals surface area contributed by atoms with E-state index in [0.29, 0.717) is 17.0 Å². The molecule has 1 heterocycles. The third-order valence-electron chi connectivity index (χ3n) is 3.55. The number of halogens is 8. The van der Waals surface area contributed by atoms with E-state index in [1.54, 1.807) is 0 Å². The molecule has 168 valence electrons. The van der Waals surface area contributed by atoms with Gasteiger partial charge in [-0.3, -0.25) is 4.31 Å². The molecular weight excluding hydrogens is 491 g/mol. The van der Waals surface area contributed by atoms with E-state index in [-0.39, 0.29) is 16.4 Å². The lowest BCUT2D eigenvalue weighted by atomic mass is 10.3. The zero-order chi connectivity index (χ0) is 23.3. The topological polar surface area (TPSA) is 105 Å². The summed E-state index contributed by atoms with van der Waals surface area (Å²) < 4.78 is 115. The minimum absolute atomic E-state index is 0.0108. The van der Waals surface area contributed by atoms with E-state index in [1.165, 1.54) is 6.07 Å². The van der Waals surface area contributed by atoms with E-state index in [2.05, 4.69) is 5.10 Å². The van der Waals surface area contributed by atoms with Crippen LogP contribution in [0.15, 0.2) is 23.1 Å². The molecule has 0 atom stereocenters. The summed E-state index contributed by atoms with van der Waals surface area (Å²) in [5.41, 5.74) is 3.63. The highest BCUT2D eigenvalue weighted by Crippen LogP contribution is 3.02. The van der Waals surface area contributed by atoms with Crippen LogP contribution in [0.1, 0.15) is 5.69 Å². The van der Waals surface area contributed by atoms with E-state index in [9.17, 15) is 41.9 Å². The van der Waals surface area contributed by atoms with Crippen molar-refractivity contribution in [3.63, 3.8) is 0 Å². The molecule has 30 heavy (non-hydrogen) atoms. The molecule has 0 bridgehead atoms. The van der Waals surface area contributed by atoms with Crippen LogP contribution in [0.3, 0.4) is 0 Å². The molecule has 0 aliphatic heterocycles. The molecule has 17 heteroatoms. The number of aromatic nitrogens is 2. The van der Waals surface area contributed by atoms with E-state index in [0.717, 1.165) is 0 Å². The molecule has 0 unspecified atom stereocenters. The number of nitriles is 1. The van der Waals surface area contributed by atoms with Gasteiger partial charge >= 0.3 is 10.2 Å². The maximum absolute atomic E-state index is 12.9. The monoisotopic (exact) mass is 501 g/mol. The summed E-state index contributed by atoms with van der Waals surface area (Å²) in [7, 11) is -14.5. The Morgan fingerprint density at radius 1 is 1.30 bits per heavy atom. The number of rotatable bonds is 6. The first-order valence-corrected chi connectivity index (χ1v) is 11.5. The van der Waals surface area contributed by atoms with Gasteiger partial charge in [-0.05, 0) is 18.2 Å². The molecule has 0 aliphatic carbocycles. The van der Waals surface area contributed by atoms with Crippen LogP contribution in [0.25, 0.3) is 5.69 Å². The molecule has 2 rings (SSSR count). The number of nitrogen functional groups attached to an aromatic ring is 1. The van der Waals surface area contributed by atoms with Gasteiger partial charge in [0.15, 0.2) is 11.5 Å². The minimum Gasteiger partial charge on any atom is -0.382 e. The Hall–Kier alpha value is -2.38. The zero-order valence-corrected chi connectivity index (χ0v) is 16.9. The van der Waals surface area contributed by atoms with Crippen molar-refractivity contribution in [3.05, 3.63) is 28.9 Å². The van der Waals surface area contributed by atoms with Crippen LogP contribution in [-0.2, 0) is 10.0 Å². The van der Waals surface area contributed by atoms with Crippen LogP contribution in [0.5, 0.6) is 0 Å². The number of nitrogens with two attached hydrogens (primary N) is 1. The van der Waals surface area contributed by atoms with Gasteiger partial charge in [-0.15, -0.1) is 0 Å². The molecule has 0 saturated carbocycles. The Balaban J connectivity index is 2.74. The molecule has 1 aromatic heterocycles. The van der Waals surface area contributed by atoms with Crippen molar-refractivity contribution in [2.45, 2.75) is 11.3 Å². The van der Waals surface area contributed by atoms with Crippen molar-refractivity contribution in [2.75, 3.05) is 22.8 Å². The predicted molar refractivity (Wildman–Crippen MR) is 97.3 cm³/mol. The number of benzene rings is 1. The third-order valence-corrected chi connectivity index (χ3v) is 6.13. The molecule has 0 amide bonds. The lowest BCUT2D eigenvalue weighted by Gasteiger charge is -2.40. The Kier molecular flexibility index (Phi) is 5.22. The summed E-state index contributed by atoms with van der Waals surface area (Å²) in [6.07, 6.45) is -2.64. The summed E-state index contributed by atoms with van der Waals surface area (Å²) in [5.74, 6) is -0.750. The second-order valence-electron chi connectivity index (χ2n) is 5.87. The van der Waals surface area contributed by atoms with Crippen molar-refractivity contribution in [2.24, 2.45) is 0 Å². The fourth-order valence-electron chi connectivity index (χ4n) is 2.34. The average Bonchev–Trinajstić information content (AvgIpc) is 2.85. The predicted octanol–water partition coefficient (Wildman–Crippen LogP) is 4.67. The minimum atomic E-state index is -10.1. The smallest absolute Gasteiger partial charge is 0.310 e. The van der Waals surface area contributed by atoms with Gasteiger partial charge in [0.05, 0.1) is 23.5 Å². The summed E-state index contributed by atoms with van der Waals surface area (Å²) >= 11 is 5.66. The van der Waals surface area contributed by atoms with Crippen molar-refractivity contribution in [3.8, 4) is 11.8 Å². The number of hydrogen-bond donors (Lipinski definition) is 1. The highest BCUT2D eigenvalue weighted by Gasteiger charge is 2.65. The lowest BCUT2D eigenvalue weighted by molar-refractivity contribution is 0.159. The number of anilines is 2. The molecule has 0 saturated heterocycles. The SMILES string of the molecule is CS(=O)(=O)N(CC(F)F)c1c(C#N)nn(-c2ccc(S(F)(F)(F)(F)F)cc2Cl)c1N. The number of sulfonamides is 1. The van der Waals surface area contributed by atoms with E-state index in [4.69, 9.17) is 17.3 Å². The number of nitrogens with zero attached hydrogens (tertiary/aromatic N) is 4. The van der Waals surface area contributed by atoms with Crippen LogP contribution < -0.4 is 10.0 Å². The molecule has 1 aromatic carbocycles. The van der Waals surface area contributed by atoms with Gasteiger partial charge in [-0.2, -0.15) is 10.4 Å². The number of alkyl halides is 2. The Morgan fingerprint density at radius 3 is 2.27 bits per heavy atom. The van der Waals surface area contributed by atoms with Crippen molar-refractivity contribution in [1.82, 2.24) is 9.78 Å². The van der Waals surface area contributed by atoms with E-state index in [1.807, 2.05) is 0 Å².